The van der Waals surface area contributed by atoms with E-state index in [9.17, 15) is 4.79 Å². The first kappa shape index (κ1) is 14.0. The molecule has 0 fully saturated rings. The van der Waals surface area contributed by atoms with Gasteiger partial charge in [0.05, 0.1) is 6.54 Å². The van der Waals surface area contributed by atoms with Crippen LogP contribution < -0.4 is 4.74 Å². The lowest BCUT2D eigenvalue weighted by molar-refractivity contribution is -0.131. The molecule has 0 spiro atoms. The van der Waals surface area contributed by atoms with Crippen LogP contribution in [0.2, 0.25) is 0 Å². The molecule has 2 aromatic rings. The van der Waals surface area contributed by atoms with Crippen LogP contribution in [-0.4, -0.2) is 24.0 Å². The van der Waals surface area contributed by atoms with Gasteiger partial charge in [-0.1, -0.05) is 48.5 Å². The molecule has 1 aliphatic heterocycles. The third-order valence-corrected chi connectivity index (χ3v) is 4.01. The SMILES string of the molecule is O=C(C(Cl)c1ccccc1)N1CCOc2ccccc2C1. The highest BCUT2D eigenvalue weighted by atomic mass is 35.5. The Labute approximate surface area is 129 Å². The number of halogens is 1. The largest absolute Gasteiger partial charge is 0.491 e. The van der Waals surface area contributed by atoms with Gasteiger partial charge in [-0.25, -0.2) is 0 Å². The third-order valence-electron chi connectivity index (χ3n) is 3.57. The van der Waals surface area contributed by atoms with Crippen LogP contribution in [0.15, 0.2) is 54.6 Å². The highest BCUT2D eigenvalue weighted by molar-refractivity contribution is 6.30. The van der Waals surface area contributed by atoms with E-state index in [2.05, 4.69) is 0 Å². The summed E-state index contributed by atoms with van der Waals surface area (Å²) < 4.78 is 5.68. The van der Waals surface area contributed by atoms with Crippen LogP contribution in [-0.2, 0) is 11.3 Å². The number of carbonyl (C=O) groups excluding carboxylic acids is 1. The van der Waals surface area contributed by atoms with Gasteiger partial charge in [0.2, 0.25) is 5.91 Å². The van der Waals surface area contributed by atoms with E-state index in [1.807, 2.05) is 54.6 Å². The molecule has 4 heteroatoms. The van der Waals surface area contributed by atoms with Crippen molar-refractivity contribution in [2.24, 2.45) is 0 Å². The minimum atomic E-state index is -0.656. The molecular formula is C17H16ClNO2. The van der Waals surface area contributed by atoms with Crippen LogP contribution in [0, 0.1) is 0 Å². The van der Waals surface area contributed by atoms with Crippen LogP contribution in [0.25, 0.3) is 0 Å². The number of para-hydroxylation sites is 1. The van der Waals surface area contributed by atoms with Gasteiger partial charge in [-0.15, -0.1) is 11.6 Å². The Morgan fingerprint density at radius 3 is 2.62 bits per heavy atom. The van der Waals surface area contributed by atoms with Crippen molar-refractivity contribution in [2.45, 2.75) is 11.9 Å². The van der Waals surface area contributed by atoms with Gasteiger partial charge >= 0.3 is 0 Å². The highest BCUT2D eigenvalue weighted by Gasteiger charge is 2.26. The van der Waals surface area contributed by atoms with Crippen molar-refractivity contribution < 1.29 is 9.53 Å². The number of hydrogen-bond acceptors (Lipinski definition) is 2. The van der Waals surface area contributed by atoms with Gasteiger partial charge in [-0.3, -0.25) is 4.79 Å². The van der Waals surface area contributed by atoms with Gasteiger partial charge < -0.3 is 9.64 Å². The predicted octanol–water partition coefficient (Wildman–Crippen LogP) is 3.39. The van der Waals surface area contributed by atoms with Crippen LogP contribution in [0.5, 0.6) is 5.75 Å². The Morgan fingerprint density at radius 1 is 1.10 bits per heavy atom. The van der Waals surface area contributed by atoms with Crippen molar-refractivity contribution in [3.05, 3.63) is 65.7 Å². The zero-order valence-corrected chi connectivity index (χ0v) is 12.3. The molecule has 0 bridgehead atoms. The van der Waals surface area contributed by atoms with Crippen molar-refractivity contribution in [2.75, 3.05) is 13.2 Å². The van der Waals surface area contributed by atoms with E-state index >= 15 is 0 Å². The second kappa shape index (κ2) is 6.19. The van der Waals surface area contributed by atoms with Gasteiger partial charge in [-0.2, -0.15) is 0 Å². The predicted molar refractivity (Wildman–Crippen MR) is 82.4 cm³/mol. The topological polar surface area (TPSA) is 29.5 Å². The van der Waals surface area contributed by atoms with Crippen molar-refractivity contribution in [3.63, 3.8) is 0 Å². The second-order valence-electron chi connectivity index (χ2n) is 4.99. The smallest absolute Gasteiger partial charge is 0.245 e. The lowest BCUT2D eigenvalue weighted by atomic mass is 10.1. The standard InChI is InChI=1S/C17H16ClNO2/c18-16(13-6-2-1-3-7-13)17(20)19-10-11-21-15-9-5-4-8-14(15)12-19/h1-9,16H,10-12H2. The van der Waals surface area contributed by atoms with Gasteiger partial charge in [-0.05, 0) is 11.6 Å². The van der Waals surface area contributed by atoms with Crippen LogP contribution >= 0.6 is 11.6 Å². The summed E-state index contributed by atoms with van der Waals surface area (Å²) in [6, 6.07) is 17.2. The zero-order valence-electron chi connectivity index (χ0n) is 11.5. The molecule has 1 heterocycles. The lowest BCUT2D eigenvalue weighted by Gasteiger charge is -2.22. The summed E-state index contributed by atoms with van der Waals surface area (Å²) in [7, 11) is 0. The summed E-state index contributed by atoms with van der Waals surface area (Å²) in [5.74, 6) is 0.766. The number of hydrogen-bond donors (Lipinski definition) is 0. The van der Waals surface area contributed by atoms with E-state index in [1.54, 1.807) is 4.90 Å². The molecule has 1 unspecified atom stereocenters. The first-order valence-corrected chi connectivity index (χ1v) is 7.38. The Balaban J connectivity index is 1.79. The summed E-state index contributed by atoms with van der Waals surface area (Å²) in [5.41, 5.74) is 1.84. The summed E-state index contributed by atoms with van der Waals surface area (Å²) >= 11 is 6.34. The summed E-state index contributed by atoms with van der Waals surface area (Å²) in [5, 5.41) is -0.656. The van der Waals surface area contributed by atoms with E-state index in [0.29, 0.717) is 19.7 Å². The maximum Gasteiger partial charge on any atom is 0.245 e. The molecule has 3 rings (SSSR count). The maximum absolute atomic E-state index is 12.6. The second-order valence-corrected chi connectivity index (χ2v) is 5.43. The third kappa shape index (κ3) is 3.03. The molecule has 1 amide bonds. The van der Waals surface area contributed by atoms with Crippen molar-refractivity contribution in [1.82, 2.24) is 4.90 Å². The van der Waals surface area contributed by atoms with Gasteiger partial charge in [0.25, 0.3) is 0 Å². The first-order chi connectivity index (χ1) is 10.3. The summed E-state index contributed by atoms with van der Waals surface area (Å²) in [6.45, 7) is 1.57. The van der Waals surface area contributed by atoms with Crippen LogP contribution in [0.3, 0.4) is 0 Å². The molecule has 1 aliphatic rings. The number of alkyl halides is 1. The monoisotopic (exact) mass is 301 g/mol. The van der Waals surface area contributed by atoms with E-state index in [1.165, 1.54) is 0 Å². The lowest BCUT2D eigenvalue weighted by Crippen LogP contribution is -2.34. The number of amides is 1. The molecule has 108 valence electrons. The average molecular weight is 302 g/mol. The fourth-order valence-electron chi connectivity index (χ4n) is 2.44. The highest BCUT2D eigenvalue weighted by Crippen LogP contribution is 2.27. The van der Waals surface area contributed by atoms with E-state index < -0.39 is 5.38 Å². The van der Waals surface area contributed by atoms with Crippen LogP contribution in [0.1, 0.15) is 16.5 Å². The summed E-state index contributed by atoms with van der Waals surface area (Å²) in [6.07, 6.45) is 0. The molecular weight excluding hydrogens is 286 g/mol. The minimum Gasteiger partial charge on any atom is -0.491 e. The first-order valence-electron chi connectivity index (χ1n) is 6.94. The number of rotatable bonds is 2. The van der Waals surface area contributed by atoms with E-state index in [4.69, 9.17) is 16.3 Å². The number of ether oxygens (including phenoxy) is 1. The maximum atomic E-state index is 12.6. The van der Waals surface area contributed by atoms with Crippen molar-refractivity contribution >= 4 is 17.5 Å². The quantitative estimate of drug-likeness (QED) is 0.796. The van der Waals surface area contributed by atoms with E-state index in [-0.39, 0.29) is 5.91 Å². The zero-order chi connectivity index (χ0) is 14.7. The Hall–Kier alpha value is -2.00. The normalized spacial score (nSPS) is 15.6. The van der Waals surface area contributed by atoms with Crippen molar-refractivity contribution in [1.29, 1.82) is 0 Å². The fraction of sp³-hybridized carbons (Fsp3) is 0.235. The Kier molecular flexibility index (Phi) is 4.11. The number of nitrogens with zero attached hydrogens (tertiary/aromatic N) is 1. The molecule has 3 nitrogen and oxygen atoms in total. The van der Waals surface area contributed by atoms with Crippen molar-refractivity contribution in [3.8, 4) is 5.75 Å². The van der Waals surface area contributed by atoms with E-state index in [0.717, 1.165) is 16.9 Å². The Morgan fingerprint density at radius 2 is 1.81 bits per heavy atom. The fourth-order valence-corrected chi connectivity index (χ4v) is 2.72. The molecule has 21 heavy (non-hydrogen) atoms. The molecule has 1 atom stereocenters. The minimum absolute atomic E-state index is 0.0804. The van der Waals surface area contributed by atoms with Gasteiger partial charge in [0.1, 0.15) is 17.7 Å². The molecule has 0 aliphatic carbocycles. The average Bonchev–Trinajstić information content (AvgIpc) is 2.76. The number of benzene rings is 2. The molecule has 0 radical (unpaired) electrons. The van der Waals surface area contributed by atoms with Gasteiger partial charge in [0, 0.05) is 12.1 Å². The summed E-state index contributed by atoms with van der Waals surface area (Å²) in [4.78, 5) is 14.4. The molecule has 0 saturated heterocycles. The van der Waals surface area contributed by atoms with Gasteiger partial charge in [0.15, 0.2) is 0 Å². The molecule has 0 N–H and O–H groups in total. The molecule has 0 aromatic heterocycles. The number of fused-ring (bicyclic) bond motifs is 1. The van der Waals surface area contributed by atoms with Crippen LogP contribution in [0.4, 0.5) is 0 Å². The molecule has 2 aromatic carbocycles. The Bertz CT molecular complexity index is 630. The molecule has 0 saturated carbocycles. The number of carbonyl (C=O) groups is 1.